The van der Waals surface area contributed by atoms with Crippen molar-refractivity contribution in [2.45, 2.75) is 103 Å². The largest absolute Gasteiger partial charge is 0.466 e. The lowest BCUT2D eigenvalue weighted by atomic mass is 10.1. The smallest absolute Gasteiger partial charge is 0.332 e. The molecule has 0 bridgehead atoms. The number of unbranched alkanes of at least 4 members (excludes halogenated alkanes) is 11. The van der Waals surface area contributed by atoms with Gasteiger partial charge in [0.25, 0.3) is 10.1 Å². The molecule has 7 nitrogen and oxygen atoms in total. The maximum atomic E-state index is 11.8. The molecular weight excluding hydrogens is 396 g/mol. The van der Waals surface area contributed by atoms with Crippen molar-refractivity contribution in [3.63, 3.8) is 0 Å². The van der Waals surface area contributed by atoms with Crippen molar-refractivity contribution in [2.75, 3.05) is 6.61 Å². The Morgan fingerprint density at radius 3 is 1.83 bits per heavy atom. The minimum Gasteiger partial charge on any atom is -0.466 e. The molecule has 0 aromatic rings. The van der Waals surface area contributed by atoms with Crippen LogP contribution in [0.3, 0.4) is 0 Å². The third-order valence-corrected chi connectivity index (χ3v) is 5.63. The second-order valence-electron chi connectivity index (χ2n) is 7.22. The van der Waals surface area contributed by atoms with Crippen LogP contribution in [-0.4, -0.2) is 36.8 Å². The molecule has 0 aromatic carbocycles. The third kappa shape index (κ3) is 16.1. The standard InChI is InChI=1S/C21H38O7S/c1-3-5-6-7-8-9-10-11-12-13-14-15-17-27-20(22)18-19(29(24,25)26)21(23)28-16-4-2/h4,16,19H,3,5-15,17-18H2,1-2H3,(H,24,25,26)/b16-4+. The highest BCUT2D eigenvalue weighted by molar-refractivity contribution is 7.87. The van der Waals surface area contributed by atoms with E-state index in [0.717, 1.165) is 25.5 Å². The molecule has 1 unspecified atom stereocenters. The summed E-state index contributed by atoms with van der Waals surface area (Å²) in [6, 6.07) is 0. The highest BCUT2D eigenvalue weighted by atomic mass is 32.2. The average molecular weight is 435 g/mol. The molecule has 0 aliphatic carbocycles. The number of carbonyl (C=O) groups is 2. The number of hydrogen-bond donors (Lipinski definition) is 1. The summed E-state index contributed by atoms with van der Waals surface area (Å²) in [5.74, 6) is -2.07. The Bertz CT molecular complexity index is 570. The molecule has 1 N–H and O–H groups in total. The van der Waals surface area contributed by atoms with E-state index in [1.807, 2.05) is 0 Å². The van der Waals surface area contributed by atoms with Crippen molar-refractivity contribution in [2.24, 2.45) is 0 Å². The predicted octanol–water partition coefficient (Wildman–Crippen LogP) is 4.95. The van der Waals surface area contributed by atoms with Crippen molar-refractivity contribution in [1.29, 1.82) is 0 Å². The van der Waals surface area contributed by atoms with Gasteiger partial charge in [0, 0.05) is 0 Å². The molecule has 0 aromatic heterocycles. The van der Waals surface area contributed by atoms with Gasteiger partial charge in [-0.15, -0.1) is 0 Å². The summed E-state index contributed by atoms with van der Waals surface area (Å²) < 4.78 is 41.2. The van der Waals surface area contributed by atoms with Gasteiger partial charge in [-0.05, 0) is 13.3 Å². The van der Waals surface area contributed by atoms with Gasteiger partial charge in [0.15, 0.2) is 5.25 Å². The van der Waals surface area contributed by atoms with E-state index < -0.39 is 33.7 Å². The fraction of sp³-hybridized carbons (Fsp3) is 0.810. The van der Waals surface area contributed by atoms with Crippen molar-refractivity contribution in [1.82, 2.24) is 0 Å². The molecule has 170 valence electrons. The van der Waals surface area contributed by atoms with Crippen LogP contribution in [0.1, 0.15) is 97.3 Å². The van der Waals surface area contributed by atoms with Gasteiger partial charge in [-0.3, -0.25) is 14.1 Å². The van der Waals surface area contributed by atoms with Crippen molar-refractivity contribution in [3.05, 3.63) is 12.3 Å². The van der Waals surface area contributed by atoms with Crippen molar-refractivity contribution < 1.29 is 32.0 Å². The fourth-order valence-corrected chi connectivity index (χ4v) is 3.51. The Hall–Kier alpha value is -1.41. The quantitative estimate of drug-likeness (QED) is 0.141. The van der Waals surface area contributed by atoms with Crippen LogP contribution in [-0.2, 0) is 29.2 Å². The first-order valence-electron chi connectivity index (χ1n) is 10.8. The first-order valence-corrected chi connectivity index (χ1v) is 12.3. The van der Waals surface area contributed by atoms with E-state index in [1.54, 1.807) is 6.92 Å². The summed E-state index contributed by atoms with van der Waals surface area (Å²) in [5, 5.41) is -1.98. The van der Waals surface area contributed by atoms with Crippen LogP contribution < -0.4 is 0 Å². The molecular formula is C21H38O7S. The molecule has 0 amide bonds. The lowest BCUT2D eigenvalue weighted by Crippen LogP contribution is -2.33. The number of allylic oxidation sites excluding steroid dienone is 1. The van der Waals surface area contributed by atoms with E-state index in [4.69, 9.17) is 9.29 Å². The van der Waals surface area contributed by atoms with Crippen LogP contribution in [0.15, 0.2) is 12.3 Å². The summed E-state index contributed by atoms with van der Waals surface area (Å²) in [6.45, 7) is 3.95. The van der Waals surface area contributed by atoms with Crippen LogP contribution in [0.4, 0.5) is 0 Å². The summed E-state index contributed by atoms with van der Waals surface area (Å²) in [6.07, 6.45) is 15.8. The lowest BCUT2D eigenvalue weighted by molar-refractivity contribution is -0.147. The van der Waals surface area contributed by atoms with E-state index in [1.165, 1.54) is 57.4 Å². The molecule has 29 heavy (non-hydrogen) atoms. The zero-order valence-corrected chi connectivity index (χ0v) is 18.8. The number of carbonyl (C=O) groups excluding carboxylic acids is 2. The Morgan fingerprint density at radius 1 is 0.897 bits per heavy atom. The van der Waals surface area contributed by atoms with Gasteiger partial charge in [-0.25, -0.2) is 0 Å². The molecule has 0 saturated carbocycles. The topological polar surface area (TPSA) is 107 Å². The van der Waals surface area contributed by atoms with Crippen molar-refractivity contribution >= 4 is 22.1 Å². The number of rotatable bonds is 18. The first kappa shape index (κ1) is 27.6. The summed E-state index contributed by atoms with van der Waals surface area (Å²) in [4.78, 5) is 23.4. The van der Waals surface area contributed by atoms with Gasteiger partial charge in [-0.2, -0.15) is 8.42 Å². The van der Waals surface area contributed by atoms with Crippen molar-refractivity contribution in [3.8, 4) is 0 Å². The minimum absolute atomic E-state index is 0.165. The van der Waals surface area contributed by atoms with E-state index >= 15 is 0 Å². The zero-order chi connectivity index (χ0) is 22.0. The lowest BCUT2D eigenvalue weighted by Gasteiger charge is -2.11. The summed E-state index contributed by atoms with van der Waals surface area (Å²) >= 11 is 0. The van der Waals surface area contributed by atoms with E-state index in [0.29, 0.717) is 6.42 Å². The molecule has 0 aliphatic heterocycles. The SMILES string of the molecule is C/C=C/OC(=O)C(CC(=O)OCCCCCCCCCCCCCC)S(=O)(=O)O. The van der Waals surface area contributed by atoms with Gasteiger partial charge in [-0.1, -0.05) is 83.6 Å². The second kappa shape index (κ2) is 17.4. The van der Waals surface area contributed by atoms with Gasteiger partial charge < -0.3 is 9.47 Å². The Labute approximate surface area is 176 Å². The van der Waals surface area contributed by atoms with E-state index in [-0.39, 0.29) is 6.61 Å². The molecule has 0 aliphatic rings. The fourth-order valence-electron chi connectivity index (χ4n) is 2.86. The molecule has 0 rings (SSSR count). The van der Waals surface area contributed by atoms with Gasteiger partial charge in [0.05, 0.1) is 19.3 Å². The third-order valence-electron chi connectivity index (χ3n) is 4.56. The molecule has 0 fully saturated rings. The molecule has 0 radical (unpaired) electrons. The van der Waals surface area contributed by atoms with E-state index in [9.17, 15) is 18.0 Å². The van der Waals surface area contributed by atoms with Crippen LogP contribution in [0.5, 0.6) is 0 Å². The molecule has 0 saturated heterocycles. The first-order chi connectivity index (χ1) is 13.8. The van der Waals surface area contributed by atoms with Crippen LogP contribution in [0.25, 0.3) is 0 Å². The molecule has 0 spiro atoms. The summed E-state index contributed by atoms with van der Waals surface area (Å²) in [5.41, 5.74) is 0. The number of ether oxygens (including phenoxy) is 2. The highest BCUT2D eigenvalue weighted by Gasteiger charge is 2.35. The van der Waals surface area contributed by atoms with Gasteiger partial charge in [0.2, 0.25) is 0 Å². The Balaban J connectivity index is 3.80. The Kier molecular flexibility index (Phi) is 16.6. The normalized spacial score (nSPS) is 12.8. The molecule has 1 atom stereocenters. The molecule has 0 heterocycles. The van der Waals surface area contributed by atoms with Gasteiger partial charge in [0.1, 0.15) is 0 Å². The average Bonchev–Trinajstić information content (AvgIpc) is 2.67. The Morgan fingerprint density at radius 2 is 1.38 bits per heavy atom. The van der Waals surface area contributed by atoms with Crippen LogP contribution in [0, 0.1) is 0 Å². The van der Waals surface area contributed by atoms with Crippen LogP contribution in [0.2, 0.25) is 0 Å². The maximum Gasteiger partial charge on any atom is 0.332 e. The zero-order valence-electron chi connectivity index (χ0n) is 17.9. The monoisotopic (exact) mass is 434 g/mol. The number of esters is 2. The highest BCUT2D eigenvalue weighted by Crippen LogP contribution is 2.13. The number of hydrogen-bond acceptors (Lipinski definition) is 6. The predicted molar refractivity (Wildman–Crippen MR) is 113 cm³/mol. The minimum atomic E-state index is -4.76. The summed E-state index contributed by atoms with van der Waals surface area (Å²) in [7, 11) is -4.76. The van der Waals surface area contributed by atoms with Crippen LogP contribution >= 0.6 is 0 Å². The maximum absolute atomic E-state index is 11.8. The van der Waals surface area contributed by atoms with Gasteiger partial charge >= 0.3 is 11.9 Å². The molecule has 8 heteroatoms. The van der Waals surface area contributed by atoms with E-state index in [2.05, 4.69) is 11.7 Å². The second-order valence-corrected chi connectivity index (χ2v) is 8.82.